The third kappa shape index (κ3) is 5.18. The lowest BCUT2D eigenvalue weighted by molar-refractivity contribution is 0.0601. The molecule has 2 heterocycles. The predicted molar refractivity (Wildman–Crippen MR) is 138 cm³/mol. The summed E-state index contributed by atoms with van der Waals surface area (Å²) in [5.74, 6) is 1.30. The molecule has 1 aromatic heterocycles. The molecular weight excluding hydrogens is 458 g/mol. The van der Waals surface area contributed by atoms with Crippen LogP contribution in [0.5, 0.6) is 17.2 Å². The number of amides is 1. The highest BCUT2D eigenvalue weighted by atomic mass is 16.5. The number of phenols is 1. The third-order valence-electron chi connectivity index (χ3n) is 6.06. The number of nitrogens with zero attached hydrogens (tertiary/aromatic N) is 2. The monoisotopic (exact) mass is 493 g/mol. The van der Waals surface area contributed by atoms with Crippen LogP contribution >= 0.6 is 0 Å². The number of aromatic hydroxyl groups is 1. The van der Waals surface area contributed by atoms with Gasteiger partial charge in [0, 0.05) is 24.3 Å². The number of H-pyrrole nitrogens is 1. The van der Waals surface area contributed by atoms with E-state index in [1.54, 1.807) is 18.2 Å². The topological polar surface area (TPSA) is 96.9 Å². The molecule has 0 aliphatic carbocycles. The minimum absolute atomic E-state index is 0.111. The van der Waals surface area contributed by atoms with Crippen molar-refractivity contribution in [2.24, 2.45) is 0 Å². The molecule has 0 unspecified atom stereocenters. The van der Waals surface area contributed by atoms with E-state index >= 15 is 0 Å². The normalized spacial score (nSPS) is 15.0. The molecule has 36 heavy (non-hydrogen) atoms. The highest BCUT2D eigenvalue weighted by Crippen LogP contribution is 2.45. The molecule has 0 radical (unpaired) electrons. The molecule has 8 nitrogen and oxygen atoms in total. The largest absolute Gasteiger partial charge is 0.507 e. The Morgan fingerprint density at radius 2 is 1.89 bits per heavy atom. The van der Waals surface area contributed by atoms with Crippen LogP contribution < -0.4 is 9.47 Å². The van der Waals surface area contributed by atoms with E-state index in [9.17, 15) is 9.90 Å². The summed E-state index contributed by atoms with van der Waals surface area (Å²) in [5, 5.41) is 17.9. The van der Waals surface area contributed by atoms with Gasteiger partial charge in [0.1, 0.15) is 17.1 Å². The number of fused-ring (bicyclic) bond motifs is 1. The molecule has 4 rings (SSSR count). The number of carbonyl (C=O) groups is 1. The Balaban J connectivity index is 1.77. The van der Waals surface area contributed by atoms with E-state index in [0.29, 0.717) is 61.2 Å². The van der Waals surface area contributed by atoms with Crippen LogP contribution in [0, 0.1) is 0 Å². The molecule has 1 atom stereocenters. The van der Waals surface area contributed by atoms with Crippen LogP contribution in [0.4, 0.5) is 0 Å². The average Bonchev–Trinajstić information content (AvgIpc) is 3.40. The van der Waals surface area contributed by atoms with Crippen molar-refractivity contribution in [1.29, 1.82) is 0 Å². The Labute approximate surface area is 212 Å². The highest BCUT2D eigenvalue weighted by Gasteiger charge is 2.42. The van der Waals surface area contributed by atoms with E-state index in [1.165, 1.54) is 0 Å². The second-order valence-electron chi connectivity index (χ2n) is 9.04. The van der Waals surface area contributed by atoms with Crippen molar-refractivity contribution in [2.75, 3.05) is 26.4 Å². The van der Waals surface area contributed by atoms with Gasteiger partial charge in [-0.15, -0.1) is 0 Å². The summed E-state index contributed by atoms with van der Waals surface area (Å²) in [4.78, 5) is 15.4. The summed E-state index contributed by atoms with van der Waals surface area (Å²) in [6.45, 7) is 10.1. The Morgan fingerprint density at radius 3 is 2.61 bits per heavy atom. The smallest absolute Gasteiger partial charge is 0.273 e. The quantitative estimate of drug-likeness (QED) is 0.331. The van der Waals surface area contributed by atoms with Crippen molar-refractivity contribution in [1.82, 2.24) is 15.1 Å². The van der Waals surface area contributed by atoms with Crippen molar-refractivity contribution >= 4 is 5.91 Å². The van der Waals surface area contributed by atoms with Gasteiger partial charge < -0.3 is 24.2 Å². The molecule has 1 aliphatic rings. The summed E-state index contributed by atoms with van der Waals surface area (Å²) in [7, 11) is 0. The lowest BCUT2D eigenvalue weighted by Crippen LogP contribution is -2.31. The highest BCUT2D eigenvalue weighted by molar-refractivity contribution is 6.00. The fourth-order valence-electron chi connectivity index (χ4n) is 4.50. The van der Waals surface area contributed by atoms with E-state index in [0.717, 1.165) is 17.5 Å². The maximum absolute atomic E-state index is 13.6. The van der Waals surface area contributed by atoms with E-state index in [-0.39, 0.29) is 17.8 Å². The lowest BCUT2D eigenvalue weighted by atomic mass is 9.95. The van der Waals surface area contributed by atoms with E-state index in [4.69, 9.17) is 14.2 Å². The van der Waals surface area contributed by atoms with E-state index < -0.39 is 6.04 Å². The van der Waals surface area contributed by atoms with Crippen LogP contribution in [0.25, 0.3) is 11.3 Å². The Morgan fingerprint density at radius 1 is 1.08 bits per heavy atom. The summed E-state index contributed by atoms with van der Waals surface area (Å²) < 4.78 is 17.5. The van der Waals surface area contributed by atoms with Crippen LogP contribution in [0.1, 0.15) is 68.2 Å². The van der Waals surface area contributed by atoms with Gasteiger partial charge in [-0.05, 0) is 63.4 Å². The minimum atomic E-state index is -0.403. The van der Waals surface area contributed by atoms with Gasteiger partial charge in [-0.2, -0.15) is 5.10 Å². The number of phenolic OH excluding ortho intramolecular Hbond substituents is 1. The zero-order valence-electron chi connectivity index (χ0n) is 21.4. The van der Waals surface area contributed by atoms with Gasteiger partial charge in [0.2, 0.25) is 0 Å². The predicted octanol–water partition coefficient (Wildman–Crippen LogP) is 5.33. The molecule has 0 fully saturated rings. The summed E-state index contributed by atoms with van der Waals surface area (Å²) in [5.41, 5.74) is 3.21. The van der Waals surface area contributed by atoms with Crippen LogP contribution in [0.15, 0.2) is 42.5 Å². The zero-order chi connectivity index (χ0) is 25.7. The van der Waals surface area contributed by atoms with Crippen molar-refractivity contribution in [2.45, 2.75) is 52.7 Å². The number of carbonyl (C=O) groups excluding carboxylic acids is 1. The van der Waals surface area contributed by atoms with Crippen molar-refractivity contribution in [3.8, 4) is 28.5 Å². The second-order valence-corrected chi connectivity index (χ2v) is 9.04. The van der Waals surface area contributed by atoms with Gasteiger partial charge in [-0.1, -0.05) is 25.1 Å². The van der Waals surface area contributed by atoms with Gasteiger partial charge in [0.05, 0.1) is 25.4 Å². The number of para-hydroxylation sites is 1. The SMILES string of the molecule is CCCOc1ccc([C@H]2c3c(-c4ccccc4O)n[nH]c3C(=O)N2CCCOC(C)C)cc1OCC. The molecular formula is C28H35N3O5. The first kappa shape index (κ1) is 25.6. The molecule has 1 aliphatic heterocycles. The van der Waals surface area contributed by atoms with Crippen LogP contribution in [-0.4, -0.2) is 58.6 Å². The molecule has 0 bridgehead atoms. The maximum atomic E-state index is 13.6. The maximum Gasteiger partial charge on any atom is 0.273 e. The first-order valence-electron chi connectivity index (χ1n) is 12.6. The summed E-state index contributed by atoms with van der Waals surface area (Å²) in [6, 6.07) is 12.4. The molecule has 2 N–H and O–H groups in total. The fourth-order valence-corrected chi connectivity index (χ4v) is 4.50. The number of nitrogens with one attached hydrogen (secondary N) is 1. The number of aromatic amines is 1. The Bertz CT molecular complexity index is 1190. The van der Waals surface area contributed by atoms with Crippen LogP contribution in [-0.2, 0) is 4.74 Å². The van der Waals surface area contributed by atoms with Crippen molar-refractivity contribution in [3.05, 3.63) is 59.3 Å². The first-order valence-corrected chi connectivity index (χ1v) is 12.6. The molecule has 0 saturated carbocycles. The van der Waals surface area contributed by atoms with Crippen LogP contribution in [0.2, 0.25) is 0 Å². The Hall–Kier alpha value is -3.52. The number of ether oxygens (including phenoxy) is 3. The molecule has 2 aromatic carbocycles. The number of hydrogen-bond acceptors (Lipinski definition) is 6. The zero-order valence-corrected chi connectivity index (χ0v) is 21.4. The van der Waals surface area contributed by atoms with Gasteiger partial charge in [-0.25, -0.2) is 0 Å². The van der Waals surface area contributed by atoms with Gasteiger partial charge in [0.15, 0.2) is 11.5 Å². The molecule has 8 heteroatoms. The van der Waals surface area contributed by atoms with Gasteiger partial charge >= 0.3 is 0 Å². The molecule has 3 aromatic rings. The molecule has 1 amide bonds. The average molecular weight is 494 g/mol. The van der Waals surface area contributed by atoms with Crippen molar-refractivity contribution < 1.29 is 24.1 Å². The Kier molecular flexibility index (Phi) is 8.15. The van der Waals surface area contributed by atoms with Gasteiger partial charge in [0.25, 0.3) is 5.91 Å². The molecule has 0 spiro atoms. The third-order valence-corrected chi connectivity index (χ3v) is 6.06. The van der Waals surface area contributed by atoms with E-state index in [1.807, 2.05) is 49.9 Å². The molecule has 192 valence electrons. The van der Waals surface area contributed by atoms with E-state index in [2.05, 4.69) is 17.1 Å². The first-order chi connectivity index (χ1) is 17.5. The number of aromatic nitrogens is 2. The fraction of sp³-hybridized carbons (Fsp3) is 0.429. The number of rotatable bonds is 12. The minimum Gasteiger partial charge on any atom is -0.507 e. The second kappa shape index (κ2) is 11.5. The van der Waals surface area contributed by atoms with Crippen molar-refractivity contribution in [3.63, 3.8) is 0 Å². The number of hydrogen-bond donors (Lipinski definition) is 2. The summed E-state index contributed by atoms with van der Waals surface area (Å²) in [6.07, 6.45) is 1.71. The summed E-state index contributed by atoms with van der Waals surface area (Å²) >= 11 is 0. The number of benzene rings is 2. The van der Waals surface area contributed by atoms with Crippen LogP contribution in [0.3, 0.4) is 0 Å². The molecule has 0 saturated heterocycles. The van der Waals surface area contributed by atoms with Gasteiger partial charge in [-0.3, -0.25) is 9.89 Å². The lowest BCUT2D eigenvalue weighted by Gasteiger charge is -2.27. The standard InChI is InChI=1S/C28H35N3O5/c1-5-15-36-22-13-12-19(17-23(22)34-6-2)27-24-25(20-10-7-8-11-21(20)32)29-30-26(24)28(33)31(27)14-9-16-35-18(3)4/h7-8,10-13,17-18,27,32H,5-6,9,14-16H2,1-4H3,(H,29,30)/t27-/m0/s1.